The monoisotopic (exact) mass is 527 g/mol. The molecule has 1 heterocycles. The van der Waals surface area contributed by atoms with Crippen LogP contribution in [0.25, 0.3) is 12.2 Å². The molecule has 1 fully saturated rings. The fourth-order valence-corrected chi connectivity index (χ4v) is 4.42. The Kier molecular flexibility index (Phi) is 13.9. The number of ketones is 1. The molecular weight excluding hydrogens is 495 g/mol. The number of rotatable bonds is 8. The zero-order valence-electron chi connectivity index (χ0n) is 22.2. The number of benzene rings is 2. The Morgan fingerprint density at radius 1 is 0.806 bits per heavy atom. The Balaban J connectivity index is 0.00000324. The molecule has 0 aliphatic carbocycles. The van der Waals surface area contributed by atoms with Crippen molar-refractivity contribution in [2.45, 2.75) is 6.42 Å². The van der Waals surface area contributed by atoms with Gasteiger partial charge in [-0.2, -0.15) is 0 Å². The van der Waals surface area contributed by atoms with Crippen LogP contribution < -0.4 is 78.7 Å². The van der Waals surface area contributed by atoms with Crippen molar-refractivity contribution in [2.75, 3.05) is 63.8 Å². The molecule has 0 bridgehead atoms. The van der Waals surface area contributed by atoms with Crippen LogP contribution in [-0.4, -0.2) is 64.7 Å². The van der Waals surface area contributed by atoms with Crippen molar-refractivity contribution in [1.29, 1.82) is 0 Å². The summed E-state index contributed by atoms with van der Waals surface area (Å²) in [7, 11) is 3.35. The van der Waals surface area contributed by atoms with E-state index in [9.17, 15) is 19.1 Å². The summed E-state index contributed by atoms with van der Waals surface area (Å²) in [5.74, 6) is -0.0112. The first-order valence-electron chi connectivity index (χ1n) is 11.3. The molecule has 0 spiro atoms. The number of piperidine rings is 1. The summed E-state index contributed by atoms with van der Waals surface area (Å²) in [6.45, 7) is 1.25. The maximum Gasteiger partial charge on any atom is 1.00 e. The maximum absolute atomic E-state index is 13.3. The summed E-state index contributed by atoms with van der Waals surface area (Å²) in [6.07, 6.45) is 3.65. The van der Waals surface area contributed by atoms with Crippen LogP contribution in [-0.2, 0) is 9.36 Å². The number of Topliss-reactive ketones (excluding diaryl/α,β-unsaturated/α-hetero) is 1. The topological polar surface area (TPSA) is 90.0 Å². The minimum Gasteiger partial charge on any atom is -0.811 e. The van der Waals surface area contributed by atoms with Crippen LogP contribution in [0.5, 0.6) is 0 Å². The third-order valence-electron chi connectivity index (χ3n) is 5.78. The average molecular weight is 528 g/mol. The van der Waals surface area contributed by atoms with Crippen LogP contribution in [0.2, 0.25) is 0 Å². The second-order valence-electron chi connectivity index (χ2n) is 9.04. The molecule has 1 aliphatic rings. The molecule has 2 aromatic carbocycles. The molecule has 10 heteroatoms. The van der Waals surface area contributed by atoms with Gasteiger partial charge in [-0.05, 0) is 66.7 Å². The summed E-state index contributed by atoms with van der Waals surface area (Å²) < 4.78 is 11.1. The Bertz CT molecular complexity index is 1040. The second-order valence-corrected chi connectivity index (χ2v) is 10.7. The van der Waals surface area contributed by atoms with Gasteiger partial charge in [-0.1, -0.05) is 31.9 Å². The van der Waals surface area contributed by atoms with Crippen molar-refractivity contribution in [1.82, 2.24) is 4.90 Å². The maximum atomic E-state index is 13.3. The zero-order valence-corrected chi connectivity index (χ0v) is 27.1. The van der Waals surface area contributed by atoms with Gasteiger partial charge in [0.2, 0.25) is 0 Å². The SMILES string of the molecule is CN(C)c1ccc(/C=C2\CN(CCCP(=O)([O-])[O-])C/C(=C\c3ccc(N(C)C)cc3)C2=O)cc1.[Na+].[Na+]. The van der Waals surface area contributed by atoms with Gasteiger partial charge in [0, 0.05) is 63.8 Å². The smallest absolute Gasteiger partial charge is 0.811 e. The van der Waals surface area contributed by atoms with E-state index in [1.165, 1.54) is 0 Å². The Labute approximate surface area is 259 Å². The summed E-state index contributed by atoms with van der Waals surface area (Å²) in [4.78, 5) is 41.5. The minimum atomic E-state index is -4.54. The van der Waals surface area contributed by atoms with E-state index >= 15 is 0 Å². The van der Waals surface area contributed by atoms with E-state index in [2.05, 4.69) is 0 Å². The third kappa shape index (κ3) is 10.2. The minimum absolute atomic E-state index is 0. The molecule has 2 aromatic rings. The fraction of sp³-hybridized carbons (Fsp3) is 0.346. The third-order valence-corrected chi connectivity index (χ3v) is 6.64. The molecular formula is C26H32N3Na2O4P. The quantitative estimate of drug-likeness (QED) is 0.200. The first-order valence-corrected chi connectivity index (χ1v) is 13.0. The second kappa shape index (κ2) is 15.0. The number of carbonyl (C=O) groups is 1. The van der Waals surface area contributed by atoms with Crippen LogP contribution in [0.1, 0.15) is 17.5 Å². The Morgan fingerprint density at radius 3 is 1.53 bits per heavy atom. The Morgan fingerprint density at radius 2 is 1.19 bits per heavy atom. The summed E-state index contributed by atoms with van der Waals surface area (Å²) >= 11 is 0. The number of anilines is 2. The molecule has 0 saturated carbocycles. The molecule has 36 heavy (non-hydrogen) atoms. The first kappa shape index (κ1) is 33.3. The molecule has 0 aromatic heterocycles. The van der Waals surface area contributed by atoms with E-state index < -0.39 is 7.60 Å². The first-order chi connectivity index (χ1) is 16.0. The average Bonchev–Trinajstić information content (AvgIpc) is 2.76. The molecule has 7 nitrogen and oxygen atoms in total. The van der Waals surface area contributed by atoms with Crippen molar-refractivity contribution in [2.24, 2.45) is 0 Å². The standard InChI is InChI=1S/C26H34N3O4P.2Na/c1-27(2)24-10-6-20(7-11-24)16-22-18-29(14-5-15-34(31,32)33)19-23(26(22)30)17-21-8-12-25(13-9-21)28(3)4;;/h6-13,16-17H,5,14-15,18-19H2,1-4H3,(H2,31,32,33);;/q;2*+1/p-2/b22-16+,23-17+;;. The van der Waals surface area contributed by atoms with E-state index in [0.717, 1.165) is 22.5 Å². The van der Waals surface area contributed by atoms with Crippen LogP contribution in [0.4, 0.5) is 11.4 Å². The number of hydrogen-bond donors (Lipinski definition) is 0. The molecule has 0 N–H and O–H groups in total. The molecule has 0 atom stereocenters. The van der Waals surface area contributed by atoms with Crippen LogP contribution in [0.15, 0.2) is 59.7 Å². The summed E-state index contributed by atoms with van der Waals surface area (Å²) in [6, 6.07) is 15.9. The van der Waals surface area contributed by atoms with Gasteiger partial charge >= 0.3 is 59.1 Å². The van der Waals surface area contributed by atoms with Gasteiger partial charge in [-0.25, -0.2) is 0 Å². The number of hydrogen-bond acceptors (Lipinski definition) is 7. The van der Waals surface area contributed by atoms with Crippen LogP contribution in [0, 0.1) is 0 Å². The van der Waals surface area contributed by atoms with Crippen LogP contribution >= 0.6 is 7.60 Å². The molecule has 0 amide bonds. The van der Waals surface area contributed by atoms with Gasteiger partial charge in [0.1, 0.15) is 0 Å². The van der Waals surface area contributed by atoms with Gasteiger partial charge < -0.3 is 24.2 Å². The van der Waals surface area contributed by atoms with Crippen molar-refractivity contribution in [3.8, 4) is 0 Å². The molecule has 1 aliphatic heterocycles. The van der Waals surface area contributed by atoms with Crippen molar-refractivity contribution in [3.63, 3.8) is 0 Å². The number of carbonyl (C=O) groups excluding carboxylic acids is 1. The molecule has 1 saturated heterocycles. The number of likely N-dealkylation sites (tertiary alicyclic amines) is 1. The predicted molar refractivity (Wildman–Crippen MR) is 136 cm³/mol. The molecule has 0 radical (unpaired) electrons. The van der Waals surface area contributed by atoms with Gasteiger partial charge in [0.05, 0.1) is 0 Å². The Hall–Kier alpha value is -0.700. The van der Waals surface area contributed by atoms with Crippen molar-refractivity contribution < 1.29 is 78.3 Å². The zero-order chi connectivity index (χ0) is 24.9. The van der Waals surface area contributed by atoms with Gasteiger partial charge in [0.25, 0.3) is 0 Å². The van der Waals surface area contributed by atoms with E-state index in [1.54, 1.807) is 0 Å². The van der Waals surface area contributed by atoms with Gasteiger partial charge in [-0.3, -0.25) is 9.69 Å². The predicted octanol–water partition coefficient (Wildman–Crippen LogP) is -3.52. The van der Waals surface area contributed by atoms with E-state index in [1.807, 2.05) is 104 Å². The van der Waals surface area contributed by atoms with E-state index in [-0.39, 0.29) is 77.5 Å². The molecule has 182 valence electrons. The number of nitrogens with zero attached hydrogens (tertiary/aromatic N) is 3. The van der Waals surface area contributed by atoms with Crippen molar-refractivity contribution >= 4 is 36.9 Å². The van der Waals surface area contributed by atoms with Gasteiger partial charge in [-0.15, -0.1) is 0 Å². The summed E-state index contributed by atoms with van der Waals surface area (Å²) in [5.41, 5.74) is 5.28. The molecule has 3 rings (SSSR count). The largest absolute Gasteiger partial charge is 1.00 e. The summed E-state index contributed by atoms with van der Waals surface area (Å²) in [5, 5.41) is 0. The van der Waals surface area contributed by atoms with Gasteiger partial charge in [0.15, 0.2) is 5.78 Å². The molecule has 0 unspecified atom stereocenters. The van der Waals surface area contributed by atoms with Crippen molar-refractivity contribution in [3.05, 3.63) is 70.8 Å². The van der Waals surface area contributed by atoms with E-state index in [0.29, 0.717) is 30.8 Å². The van der Waals surface area contributed by atoms with E-state index in [4.69, 9.17) is 0 Å². The fourth-order valence-electron chi connectivity index (χ4n) is 3.90. The normalized spacial score (nSPS) is 16.4. The van der Waals surface area contributed by atoms with Crippen LogP contribution in [0.3, 0.4) is 0 Å².